The van der Waals surface area contributed by atoms with Gasteiger partial charge in [0.1, 0.15) is 16.8 Å². The van der Waals surface area contributed by atoms with Crippen LogP contribution in [0.15, 0.2) is 11.1 Å². The normalized spacial score (nSPS) is 46.6. The average molecular weight is 346 g/mol. The lowest BCUT2D eigenvalue weighted by molar-refractivity contribution is -0.252. The molecule has 3 aliphatic heterocycles. The second-order valence-corrected chi connectivity index (χ2v) is 8.90. The zero-order valence-electron chi connectivity index (χ0n) is 15.6. The quantitative estimate of drug-likeness (QED) is 0.730. The molecule has 5 nitrogen and oxygen atoms in total. The van der Waals surface area contributed by atoms with Crippen molar-refractivity contribution < 1.29 is 23.9 Å². The summed E-state index contributed by atoms with van der Waals surface area (Å²) in [5, 5.41) is 0. The van der Waals surface area contributed by atoms with Crippen LogP contribution in [0.2, 0.25) is 0 Å². The van der Waals surface area contributed by atoms with Crippen molar-refractivity contribution in [2.24, 2.45) is 11.8 Å². The monoisotopic (exact) mass is 346 g/mol. The summed E-state index contributed by atoms with van der Waals surface area (Å²) in [5.41, 5.74) is -1.10. The number of ketones is 3. The number of fused-ring (bicyclic) bond motifs is 7. The maximum Gasteiger partial charge on any atom is 0.168 e. The van der Waals surface area contributed by atoms with Crippen LogP contribution in [0, 0.1) is 11.8 Å². The van der Waals surface area contributed by atoms with Gasteiger partial charge in [0.05, 0.1) is 6.10 Å². The third-order valence-electron chi connectivity index (χ3n) is 7.16. The first-order valence-electron chi connectivity index (χ1n) is 9.21. The number of rotatable bonds is 1. The molecule has 0 saturated carbocycles. The van der Waals surface area contributed by atoms with Crippen LogP contribution in [-0.2, 0) is 23.9 Å². The van der Waals surface area contributed by atoms with Crippen LogP contribution in [0.1, 0.15) is 60.3 Å². The van der Waals surface area contributed by atoms with E-state index in [9.17, 15) is 14.4 Å². The third-order valence-corrected chi connectivity index (χ3v) is 7.16. The molecule has 0 amide bonds. The molecule has 3 saturated heterocycles. The Hall–Kier alpha value is -1.33. The van der Waals surface area contributed by atoms with Crippen molar-refractivity contribution in [3.63, 3.8) is 0 Å². The molecular formula is C20H26O5. The zero-order valence-corrected chi connectivity index (χ0v) is 15.6. The second kappa shape index (κ2) is 4.89. The minimum Gasteiger partial charge on any atom is -0.360 e. The number of Topliss-reactive ketones (excluding diaryl/α,β-unsaturated/α-hetero) is 3. The molecule has 0 spiro atoms. The van der Waals surface area contributed by atoms with Gasteiger partial charge in [0.25, 0.3) is 0 Å². The van der Waals surface area contributed by atoms with Crippen LogP contribution < -0.4 is 0 Å². The Morgan fingerprint density at radius 3 is 2.36 bits per heavy atom. The van der Waals surface area contributed by atoms with Gasteiger partial charge in [0.15, 0.2) is 17.3 Å². The van der Waals surface area contributed by atoms with Crippen molar-refractivity contribution in [3.8, 4) is 0 Å². The molecule has 1 aliphatic carbocycles. The van der Waals surface area contributed by atoms with Crippen molar-refractivity contribution in [1.82, 2.24) is 0 Å². The van der Waals surface area contributed by atoms with E-state index in [2.05, 4.69) is 0 Å². The van der Waals surface area contributed by atoms with E-state index in [-0.39, 0.29) is 42.0 Å². The number of hydrogen-bond acceptors (Lipinski definition) is 5. The Labute approximate surface area is 148 Å². The van der Waals surface area contributed by atoms with E-state index in [1.807, 2.05) is 34.6 Å². The van der Waals surface area contributed by atoms with Gasteiger partial charge in [-0.2, -0.15) is 0 Å². The van der Waals surface area contributed by atoms with Crippen molar-refractivity contribution in [2.75, 3.05) is 0 Å². The molecule has 4 aliphatic rings. The first kappa shape index (κ1) is 17.1. The van der Waals surface area contributed by atoms with Gasteiger partial charge in [-0.25, -0.2) is 0 Å². The summed E-state index contributed by atoms with van der Waals surface area (Å²) in [6.45, 7) is 9.46. The molecule has 0 unspecified atom stereocenters. The highest BCUT2D eigenvalue weighted by Gasteiger charge is 2.66. The van der Waals surface area contributed by atoms with E-state index in [0.717, 1.165) is 11.1 Å². The van der Waals surface area contributed by atoms with Crippen LogP contribution in [-0.4, -0.2) is 40.3 Å². The lowest BCUT2D eigenvalue weighted by Crippen LogP contribution is -2.63. The fourth-order valence-electron chi connectivity index (χ4n) is 5.36. The highest BCUT2D eigenvalue weighted by Crippen LogP contribution is 2.56. The van der Waals surface area contributed by atoms with Gasteiger partial charge in [-0.05, 0) is 32.3 Å². The Morgan fingerprint density at radius 2 is 1.72 bits per heavy atom. The number of ether oxygens (including phenoxy) is 2. The van der Waals surface area contributed by atoms with Gasteiger partial charge in [-0.1, -0.05) is 19.4 Å². The summed E-state index contributed by atoms with van der Waals surface area (Å²) in [4.78, 5) is 38.5. The Morgan fingerprint density at radius 1 is 1.04 bits per heavy atom. The standard InChI is InChI=1S/C20H26O5/c1-10(2)20-9-16(23)18(4)8-12-11(3)14(21)6-13(12)19(5,25-18)17(24-20)7-15(20)22/h10,13,17H,6-9H2,1-5H3/t13-,17-,18-,19+,20+/m1/s1. The Kier molecular flexibility index (Phi) is 3.34. The molecule has 136 valence electrons. The van der Waals surface area contributed by atoms with Gasteiger partial charge >= 0.3 is 0 Å². The molecule has 4 rings (SSSR count). The summed E-state index contributed by atoms with van der Waals surface area (Å²) in [6, 6.07) is 0. The fourth-order valence-corrected chi connectivity index (χ4v) is 5.36. The number of carbonyl (C=O) groups excluding carboxylic acids is 3. The van der Waals surface area contributed by atoms with E-state index in [1.54, 1.807) is 0 Å². The van der Waals surface area contributed by atoms with Gasteiger partial charge in [-0.15, -0.1) is 0 Å². The lowest BCUT2D eigenvalue weighted by Gasteiger charge is -2.53. The predicted octanol–water partition coefficient (Wildman–Crippen LogP) is 2.56. The first-order valence-corrected chi connectivity index (χ1v) is 9.21. The van der Waals surface area contributed by atoms with E-state index in [4.69, 9.17) is 9.47 Å². The van der Waals surface area contributed by atoms with Crippen molar-refractivity contribution in [3.05, 3.63) is 11.1 Å². The third kappa shape index (κ3) is 2.00. The van der Waals surface area contributed by atoms with Crippen molar-refractivity contribution >= 4 is 17.3 Å². The summed E-state index contributed by atoms with van der Waals surface area (Å²) in [5.74, 6) is -0.181. The van der Waals surface area contributed by atoms with Gasteiger partial charge in [-0.3, -0.25) is 14.4 Å². The highest BCUT2D eigenvalue weighted by atomic mass is 16.6. The second-order valence-electron chi connectivity index (χ2n) is 8.90. The van der Waals surface area contributed by atoms with E-state index < -0.39 is 22.9 Å². The SMILES string of the molecule is CC1=C2C[C@@]3(C)O[C@@](C)([C@@H]2CC1=O)[C@H]1CC(=O)[C@@](C(C)C)(CC3=O)O1. The molecule has 4 bridgehead atoms. The minimum atomic E-state index is -1.05. The highest BCUT2D eigenvalue weighted by molar-refractivity contribution is 6.01. The van der Waals surface area contributed by atoms with Crippen LogP contribution in [0.3, 0.4) is 0 Å². The number of hydrogen-bond donors (Lipinski definition) is 0. The van der Waals surface area contributed by atoms with Gasteiger partial charge < -0.3 is 9.47 Å². The van der Waals surface area contributed by atoms with Crippen LogP contribution in [0.25, 0.3) is 0 Å². The number of allylic oxidation sites excluding steroid dienone is 1. The first-order chi connectivity index (χ1) is 11.5. The van der Waals surface area contributed by atoms with Gasteiger partial charge in [0.2, 0.25) is 0 Å². The van der Waals surface area contributed by atoms with Crippen LogP contribution in [0.4, 0.5) is 0 Å². The molecule has 25 heavy (non-hydrogen) atoms. The molecular weight excluding hydrogens is 320 g/mol. The maximum atomic E-state index is 13.2. The molecule has 3 fully saturated rings. The molecule has 0 aromatic carbocycles. The summed E-state index contributed by atoms with van der Waals surface area (Å²) in [6.07, 6.45) is 0.699. The Balaban J connectivity index is 1.90. The molecule has 5 atom stereocenters. The van der Waals surface area contributed by atoms with E-state index in [0.29, 0.717) is 12.8 Å². The largest absolute Gasteiger partial charge is 0.360 e. The molecule has 0 aromatic heterocycles. The maximum absolute atomic E-state index is 13.2. The Bertz CT molecular complexity index is 734. The summed E-state index contributed by atoms with van der Waals surface area (Å²) in [7, 11) is 0. The molecule has 3 heterocycles. The summed E-state index contributed by atoms with van der Waals surface area (Å²) < 4.78 is 12.7. The topological polar surface area (TPSA) is 69.7 Å². The molecule has 0 radical (unpaired) electrons. The molecule has 0 aromatic rings. The summed E-state index contributed by atoms with van der Waals surface area (Å²) >= 11 is 0. The van der Waals surface area contributed by atoms with E-state index in [1.165, 1.54) is 0 Å². The zero-order chi connectivity index (χ0) is 18.4. The molecule has 0 N–H and O–H groups in total. The lowest BCUT2D eigenvalue weighted by atomic mass is 9.70. The average Bonchev–Trinajstić information content (AvgIpc) is 3.00. The van der Waals surface area contributed by atoms with Crippen molar-refractivity contribution in [1.29, 1.82) is 0 Å². The van der Waals surface area contributed by atoms with Crippen molar-refractivity contribution in [2.45, 2.75) is 83.2 Å². The smallest absolute Gasteiger partial charge is 0.168 e. The van der Waals surface area contributed by atoms with E-state index >= 15 is 0 Å². The molecule has 5 heteroatoms. The minimum absolute atomic E-state index is 0.00611. The number of carbonyl (C=O) groups is 3. The predicted molar refractivity (Wildman–Crippen MR) is 90.0 cm³/mol. The van der Waals surface area contributed by atoms with Crippen LogP contribution in [0.5, 0.6) is 0 Å². The fraction of sp³-hybridized carbons (Fsp3) is 0.750. The van der Waals surface area contributed by atoms with Gasteiger partial charge in [0, 0.05) is 31.6 Å². The van der Waals surface area contributed by atoms with Crippen LogP contribution >= 0.6 is 0 Å².